The van der Waals surface area contributed by atoms with Gasteiger partial charge in [-0.3, -0.25) is 4.90 Å². The van der Waals surface area contributed by atoms with Gasteiger partial charge in [0.1, 0.15) is 5.75 Å². The van der Waals surface area contributed by atoms with Gasteiger partial charge < -0.3 is 24.6 Å². The zero-order valence-corrected chi connectivity index (χ0v) is 27.1. The number of para-hydroxylation sites is 1. The largest absolute Gasteiger partial charge is 0.496 e. The summed E-state index contributed by atoms with van der Waals surface area (Å²) in [5.74, 6) is 2.03. The van der Waals surface area contributed by atoms with Gasteiger partial charge in [0, 0.05) is 93.6 Å². The number of rotatable bonds is 4. The summed E-state index contributed by atoms with van der Waals surface area (Å²) in [5.41, 5.74) is 9.54. The molecular formula is C39H46N4O2. The Balaban J connectivity index is 1.24. The van der Waals surface area contributed by atoms with Crippen LogP contribution in [0.4, 0.5) is 5.69 Å². The number of nitrogens with zero attached hydrogens (tertiary/aromatic N) is 3. The molecule has 7 aliphatic rings. The molecule has 1 aromatic heterocycles. The van der Waals surface area contributed by atoms with Gasteiger partial charge in [-0.2, -0.15) is 0 Å². The van der Waals surface area contributed by atoms with Gasteiger partial charge in [0.05, 0.1) is 19.3 Å². The fourth-order valence-electron chi connectivity index (χ4n) is 12.1. The number of hydrogen-bond acceptors (Lipinski definition) is 5. The van der Waals surface area contributed by atoms with Crippen molar-refractivity contribution in [3.05, 3.63) is 82.7 Å². The van der Waals surface area contributed by atoms with Gasteiger partial charge >= 0.3 is 0 Å². The highest BCUT2D eigenvalue weighted by molar-refractivity contribution is 5.86. The monoisotopic (exact) mass is 602 g/mol. The molecule has 234 valence electrons. The lowest BCUT2D eigenvalue weighted by atomic mass is 9.59. The van der Waals surface area contributed by atoms with Crippen LogP contribution >= 0.6 is 0 Å². The normalized spacial score (nSPS) is 38.7. The Morgan fingerprint density at radius 2 is 1.98 bits per heavy atom. The summed E-state index contributed by atoms with van der Waals surface area (Å²) in [6, 6.07) is 14.4. The summed E-state index contributed by atoms with van der Waals surface area (Å²) >= 11 is 0. The third-order valence-electron chi connectivity index (χ3n) is 14.0. The van der Waals surface area contributed by atoms with Crippen LogP contribution in [0.2, 0.25) is 0 Å². The van der Waals surface area contributed by atoms with E-state index in [4.69, 9.17) is 4.74 Å². The quantitative estimate of drug-likeness (QED) is 0.347. The van der Waals surface area contributed by atoms with E-state index >= 15 is 0 Å². The first-order chi connectivity index (χ1) is 21.9. The molecule has 2 spiro atoms. The number of likely N-dealkylation sites (N-methyl/N-ethyl adjacent to an activating group) is 1. The summed E-state index contributed by atoms with van der Waals surface area (Å²) < 4.78 is 6.44. The van der Waals surface area contributed by atoms with E-state index in [0.717, 1.165) is 57.5 Å². The SMILES string of the molecule is CCC1=CC2CC23C[C@](CC)(c2cc4c(cc2OC)N(C)C2C(O)CC5C=CCN6CCC42C56)c2[nH]c4ccccc4c2CN13. The van der Waals surface area contributed by atoms with Gasteiger partial charge in [-0.25, -0.2) is 0 Å². The Morgan fingerprint density at radius 1 is 1.11 bits per heavy atom. The third-order valence-corrected chi connectivity index (χ3v) is 14.0. The van der Waals surface area contributed by atoms with Crippen LogP contribution in [0.3, 0.4) is 0 Å². The molecule has 2 N–H and O–H groups in total. The number of hydrogen-bond donors (Lipinski definition) is 2. The average Bonchev–Trinajstić information content (AvgIpc) is 3.30. The smallest absolute Gasteiger partial charge is 0.125 e. The highest BCUT2D eigenvalue weighted by atomic mass is 16.5. The number of anilines is 1. The van der Waals surface area contributed by atoms with Crippen molar-refractivity contribution in [2.24, 2.45) is 11.8 Å². The number of nitrogens with one attached hydrogen (secondary N) is 1. The van der Waals surface area contributed by atoms with Crippen LogP contribution in [-0.4, -0.2) is 70.9 Å². The standard InChI is InChI=1S/C39H46N4O2/c1-5-25-17-24-20-38(24)22-37(6-2,34-27(21-43(25)38)26-11-7-8-12-30(26)40-34)29-18-28-31(19-33(29)45-4)41(3)36-32(44)16-23-10-9-14-42-15-13-39(28,36)35(23)42/h7-12,17-19,23-24,32,35-36,40,44H,5-6,13-16,20-22H2,1-4H3/t23?,24?,32?,35?,36?,37-,38?,39?/m1/s1. The van der Waals surface area contributed by atoms with E-state index < -0.39 is 0 Å². The van der Waals surface area contributed by atoms with Gasteiger partial charge in [-0.05, 0) is 68.7 Å². The van der Waals surface area contributed by atoms with Gasteiger partial charge in [0.2, 0.25) is 0 Å². The molecule has 3 fully saturated rings. The molecule has 10 rings (SSSR count). The maximum Gasteiger partial charge on any atom is 0.125 e. The number of aliphatic hydroxyl groups is 1. The molecule has 3 aromatic rings. The van der Waals surface area contributed by atoms with Crippen LogP contribution in [-0.2, 0) is 17.4 Å². The maximum atomic E-state index is 11.8. The predicted molar refractivity (Wildman–Crippen MR) is 179 cm³/mol. The molecule has 1 saturated heterocycles. The second-order valence-electron chi connectivity index (χ2n) is 15.4. The van der Waals surface area contributed by atoms with Crippen LogP contribution in [0.25, 0.3) is 10.9 Å². The van der Waals surface area contributed by atoms with Crippen LogP contribution in [0, 0.1) is 11.8 Å². The van der Waals surface area contributed by atoms with Crippen molar-refractivity contribution < 1.29 is 9.84 Å². The fraction of sp³-hybridized carbons (Fsp3) is 0.538. The van der Waals surface area contributed by atoms with Gasteiger partial charge in [0.15, 0.2) is 0 Å². The molecule has 2 aliphatic carbocycles. The van der Waals surface area contributed by atoms with E-state index in [2.05, 4.69) is 95.2 Å². The lowest BCUT2D eigenvalue weighted by molar-refractivity contribution is 0.00951. The van der Waals surface area contributed by atoms with Crippen LogP contribution in [0.15, 0.2) is 60.3 Å². The minimum Gasteiger partial charge on any atom is -0.496 e. The minimum absolute atomic E-state index is 0.0854. The van der Waals surface area contributed by atoms with Crippen LogP contribution < -0.4 is 9.64 Å². The first-order valence-corrected chi connectivity index (χ1v) is 17.5. The minimum atomic E-state index is -0.351. The molecular weight excluding hydrogens is 556 g/mol. The summed E-state index contributed by atoms with van der Waals surface area (Å²) in [5, 5.41) is 13.2. The summed E-state index contributed by atoms with van der Waals surface area (Å²) in [4.78, 5) is 12.0. The maximum absolute atomic E-state index is 11.8. The molecule has 8 atom stereocenters. The number of H-pyrrole nitrogens is 1. The third kappa shape index (κ3) is 3.05. The van der Waals surface area contributed by atoms with Crippen LogP contribution in [0.5, 0.6) is 5.75 Å². The second-order valence-corrected chi connectivity index (χ2v) is 15.4. The first-order valence-electron chi connectivity index (χ1n) is 17.5. The molecule has 2 aromatic carbocycles. The van der Waals surface area contributed by atoms with E-state index in [-0.39, 0.29) is 28.5 Å². The molecule has 0 radical (unpaired) electrons. The van der Waals surface area contributed by atoms with Gasteiger partial charge in [0.25, 0.3) is 0 Å². The Labute approximate surface area is 266 Å². The van der Waals surface area contributed by atoms with E-state index in [1.807, 2.05) is 7.11 Å². The van der Waals surface area contributed by atoms with E-state index in [9.17, 15) is 5.11 Å². The number of benzene rings is 2. The number of methoxy groups -OCH3 is 1. The lowest BCUT2D eigenvalue weighted by Gasteiger charge is -2.52. The van der Waals surface area contributed by atoms with Crippen molar-refractivity contribution >= 4 is 16.6 Å². The highest BCUT2D eigenvalue weighted by Gasteiger charge is 2.68. The summed E-state index contributed by atoms with van der Waals surface area (Å²) in [6.07, 6.45) is 13.4. The number of aromatic nitrogens is 1. The van der Waals surface area contributed by atoms with Crippen LogP contribution in [0.1, 0.15) is 74.8 Å². The number of fused-ring (bicyclic) bond motifs is 4. The average molecular weight is 603 g/mol. The zero-order valence-electron chi connectivity index (χ0n) is 27.1. The van der Waals surface area contributed by atoms with E-state index in [1.54, 1.807) is 0 Å². The van der Waals surface area contributed by atoms with Crippen molar-refractivity contribution in [3.63, 3.8) is 0 Å². The van der Waals surface area contributed by atoms with Crippen molar-refractivity contribution in [3.8, 4) is 5.75 Å². The first kappa shape index (κ1) is 26.9. The Kier molecular flexibility index (Phi) is 5.25. The Morgan fingerprint density at radius 3 is 2.80 bits per heavy atom. The number of aliphatic hydroxyl groups excluding tert-OH is 1. The predicted octanol–water partition coefficient (Wildman–Crippen LogP) is 6.23. The molecule has 2 saturated carbocycles. The molecule has 6 nitrogen and oxygen atoms in total. The van der Waals surface area contributed by atoms with Gasteiger partial charge in [-0.15, -0.1) is 0 Å². The summed E-state index contributed by atoms with van der Waals surface area (Å²) in [7, 11) is 4.09. The molecule has 7 unspecified atom stereocenters. The van der Waals surface area contributed by atoms with Crippen molar-refractivity contribution in [2.75, 3.05) is 32.1 Å². The zero-order chi connectivity index (χ0) is 30.5. The molecule has 0 bridgehead atoms. The Bertz CT molecular complexity index is 1820. The molecule has 6 heteroatoms. The van der Waals surface area contributed by atoms with Crippen molar-refractivity contribution in [2.45, 2.75) is 93.5 Å². The number of allylic oxidation sites excluding steroid dienone is 1. The van der Waals surface area contributed by atoms with Gasteiger partial charge in [-0.1, -0.05) is 50.3 Å². The van der Waals surface area contributed by atoms with Crippen molar-refractivity contribution in [1.82, 2.24) is 14.8 Å². The number of ether oxygens (including phenoxy) is 1. The van der Waals surface area contributed by atoms with E-state index in [1.165, 1.54) is 51.1 Å². The molecule has 45 heavy (non-hydrogen) atoms. The molecule has 6 heterocycles. The Hall–Kier alpha value is -3.22. The fourth-order valence-corrected chi connectivity index (χ4v) is 12.1. The molecule has 5 aliphatic heterocycles. The molecule has 0 amide bonds. The number of aromatic amines is 1. The second kappa shape index (κ2) is 8.77. The topological polar surface area (TPSA) is 55.0 Å². The highest BCUT2D eigenvalue weighted by Crippen LogP contribution is 2.67. The van der Waals surface area contributed by atoms with Crippen molar-refractivity contribution in [1.29, 1.82) is 0 Å². The van der Waals surface area contributed by atoms with E-state index in [0.29, 0.717) is 17.9 Å². The lowest BCUT2D eigenvalue weighted by Crippen LogP contribution is -2.63. The summed E-state index contributed by atoms with van der Waals surface area (Å²) in [6.45, 7) is 7.82.